The second-order valence-corrected chi connectivity index (χ2v) is 7.18. The largest absolute Gasteiger partial charge is 0.493 e. The highest BCUT2D eigenvalue weighted by molar-refractivity contribution is 6.13. The van der Waals surface area contributed by atoms with Crippen LogP contribution in [0, 0.1) is 5.41 Å². The first-order chi connectivity index (χ1) is 13.5. The molecule has 0 spiro atoms. The van der Waals surface area contributed by atoms with Crippen molar-refractivity contribution in [2.75, 3.05) is 59.4 Å². The zero-order chi connectivity index (χ0) is 20.3. The van der Waals surface area contributed by atoms with Crippen molar-refractivity contribution in [2.45, 2.75) is 19.8 Å². The van der Waals surface area contributed by atoms with E-state index in [9.17, 15) is 9.59 Å². The fraction of sp³-hybridized carbons (Fsp3) is 0.600. The molecule has 2 aliphatic rings. The van der Waals surface area contributed by atoms with Gasteiger partial charge in [0.2, 0.25) is 17.6 Å². The number of carbonyl (C=O) groups is 2. The Kier molecular flexibility index (Phi) is 5.98. The molecule has 1 N–H and O–H groups in total. The van der Waals surface area contributed by atoms with E-state index in [-0.39, 0.29) is 11.8 Å². The van der Waals surface area contributed by atoms with Gasteiger partial charge in [0, 0.05) is 44.0 Å². The number of nitrogens with zero attached hydrogens (tertiary/aromatic N) is 2. The summed E-state index contributed by atoms with van der Waals surface area (Å²) in [5.41, 5.74) is -0.441. The summed E-state index contributed by atoms with van der Waals surface area (Å²) in [6.45, 7) is 6.15. The van der Waals surface area contributed by atoms with E-state index in [1.165, 1.54) is 21.3 Å². The minimum absolute atomic E-state index is 0.0619. The van der Waals surface area contributed by atoms with Gasteiger partial charge in [0.05, 0.1) is 21.3 Å². The number of rotatable bonds is 7. The molecule has 3 rings (SSSR count). The molecule has 28 heavy (non-hydrogen) atoms. The summed E-state index contributed by atoms with van der Waals surface area (Å²) in [4.78, 5) is 30.1. The van der Waals surface area contributed by atoms with Crippen molar-refractivity contribution in [2.24, 2.45) is 5.41 Å². The van der Waals surface area contributed by atoms with Crippen LogP contribution in [0.2, 0.25) is 0 Å². The fourth-order valence-corrected chi connectivity index (χ4v) is 3.64. The molecule has 154 valence electrons. The topological polar surface area (TPSA) is 80.3 Å². The van der Waals surface area contributed by atoms with Crippen LogP contribution >= 0.6 is 0 Å². The molecule has 1 aliphatic carbocycles. The molecule has 8 heteroatoms. The van der Waals surface area contributed by atoms with E-state index < -0.39 is 5.41 Å². The van der Waals surface area contributed by atoms with Gasteiger partial charge < -0.3 is 29.3 Å². The maximum atomic E-state index is 13.0. The Bertz CT molecular complexity index is 714. The fourth-order valence-electron chi connectivity index (χ4n) is 3.64. The minimum Gasteiger partial charge on any atom is -0.493 e. The molecular weight excluding hydrogens is 362 g/mol. The molecule has 1 saturated carbocycles. The number of ether oxygens (including phenoxy) is 3. The van der Waals surface area contributed by atoms with Crippen LogP contribution in [0.3, 0.4) is 0 Å². The molecule has 0 unspecified atom stereocenters. The maximum absolute atomic E-state index is 13.0. The van der Waals surface area contributed by atoms with E-state index >= 15 is 0 Å². The van der Waals surface area contributed by atoms with Crippen LogP contribution in [0.5, 0.6) is 17.2 Å². The summed E-state index contributed by atoms with van der Waals surface area (Å²) in [5, 5.41) is 2.87. The summed E-state index contributed by atoms with van der Waals surface area (Å²) >= 11 is 0. The number of benzene rings is 1. The third kappa shape index (κ3) is 3.73. The minimum atomic E-state index is -0.950. The van der Waals surface area contributed by atoms with Gasteiger partial charge in [0.15, 0.2) is 11.5 Å². The SMILES string of the molecule is CCN1CCN(C(=O)C2(C(=O)Nc3cc(OC)c(OC)c(OC)c3)CC2)CC1. The zero-order valence-corrected chi connectivity index (χ0v) is 17.0. The lowest BCUT2D eigenvalue weighted by Crippen LogP contribution is -2.52. The first-order valence-corrected chi connectivity index (χ1v) is 9.62. The Hall–Kier alpha value is -2.48. The third-order valence-electron chi connectivity index (χ3n) is 5.62. The van der Waals surface area contributed by atoms with Crippen molar-refractivity contribution in [3.8, 4) is 17.2 Å². The van der Waals surface area contributed by atoms with Gasteiger partial charge in [-0.2, -0.15) is 0 Å². The lowest BCUT2D eigenvalue weighted by molar-refractivity contribution is -0.143. The predicted molar refractivity (Wildman–Crippen MR) is 105 cm³/mol. The van der Waals surface area contributed by atoms with Crippen LogP contribution in [0.1, 0.15) is 19.8 Å². The Morgan fingerprint density at radius 3 is 2.00 bits per heavy atom. The number of methoxy groups -OCH3 is 3. The summed E-state index contributed by atoms with van der Waals surface area (Å²) in [5.74, 6) is 1.01. The van der Waals surface area contributed by atoms with E-state index in [4.69, 9.17) is 14.2 Å². The molecule has 0 bridgehead atoms. The molecule has 1 aromatic carbocycles. The molecule has 1 aromatic rings. The first-order valence-electron chi connectivity index (χ1n) is 9.62. The Morgan fingerprint density at radius 1 is 1.00 bits per heavy atom. The van der Waals surface area contributed by atoms with Crippen molar-refractivity contribution in [1.82, 2.24) is 9.80 Å². The highest BCUT2D eigenvalue weighted by Gasteiger charge is 2.58. The summed E-state index contributed by atoms with van der Waals surface area (Å²) in [7, 11) is 4.56. The van der Waals surface area contributed by atoms with Crippen LogP contribution < -0.4 is 19.5 Å². The monoisotopic (exact) mass is 391 g/mol. The van der Waals surface area contributed by atoms with Crippen LogP contribution in [0.25, 0.3) is 0 Å². The maximum Gasteiger partial charge on any atom is 0.240 e. The average Bonchev–Trinajstić information content (AvgIpc) is 3.54. The number of nitrogens with one attached hydrogen (secondary N) is 1. The van der Waals surface area contributed by atoms with E-state index in [0.29, 0.717) is 48.9 Å². The zero-order valence-electron chi connectivity index (χ0n) is 17.0. The van der Waals surface area contributed by atoms with Crippen LogP contribution in [0.15, 0.2) is 12.1 Å². The van der Waals surface area contributed by atoms with Gasteiger partial charge in [-0.05, 0) is 19.4 Å². The molecule has 8 nitrogen and oxygen atoms in total. The highest BCUT2D eigenvalue weighted by atomic mass is 16.5. The Balaban J connectivity index is 1.73. The highest BCUT2D eigenvalue weighted by Crippen LogP contribution is 2.49. The van der Waals surface area contributed by atoms with Gasteiger partial charge in [0.25, 0.3) is 0 Å². The second kappa shape index (κ2) is 8.26. The molecule has 1 heterocycles. The Labute approximate surface area is 165 Å². The number of hydrogen-bond donors (Lipinski definition) is 1. The van der Waals surface area contributed by atoms with Crippen molar-refractivity contribution in [1.29, 1.82) is 0 Å². The molecule has 0 aromatic heterocycles. The number of anilines is 1. The van der Waals surface area contributed by atoms with Gasteiger partial charge in [-0.3, -0.25) is 9.59 Å². The van der Waals surface area contributed by atoms with Gasteiger partial charge in [-0.1, -0.05) is 6.92 Å². The molecule has 1 aliphatic heterocycles. The molecule has 2 fully saturated rings. The summed E-state index contributed by atoms with van der Waals surface area (Å²) in [6, 6.07) is 3.33. The van der Waals surface area contributed by atoms with Crippen LogP contribution in [0.4, 0.5) is 5.69 Å². The van der Waals surface area contributed by atoms with Crippen LogP contribution in [-0.4, -0.2) is 75.7 Å². The predicted octanol–water partition coefficient (Wildman–Crippen LogP) is 1.60. The van der Waals surface area contributed by atoms with Crippen LogP contribution in [-0.2, 0) is 9.59 Å². The second-order valence-electron chi connectivity index (χ2n) is 7.18. The lowest BCUT2D eigenvalue weighted by Gasteiger charge is -2.35. The van der Waals surface area contributed by atoms with E-state index in [1.54, 1.807) is 12.1 Å². The number of amides is 2. The number of piperazine rings is 1. The number of carbonyl (C=O) groups excluding carboxylic acids is 2. The summed E-state index contributed by atoms with van der Waals surface area (Å²) < 4.78 is 16.0. The number of likely N-dealkylation sites (N-methyl/N-ethyl adjacent to an activating group) is 1. The molecule has 1 saturated heterocycles. The molecule has 2 amide bonds. The third-order valence-corrected chi connectivity index (χ3v) is 5.62. The standard InChI is InChI=1S/C20H29N3O5/c1-5-22-8-10-23(11-9-22)19(25)20(6-7-20)18(24)21-14-12-15(26-2)17(28-4)16(13-14)27-3/h12-13H,5-11H2,1-4H3,(H,21,24). The lowest BCUT2D eigenvalue weighted by atomic mass is 10.0. The smallest absolute Gasteiger partial charge is 0.240 e. The number of hydrogen-bond acceptors (Lipinski definition) is 6. The van der Waals surface area contributed by atoms with Gasteiger partial charge in [0.1, 0.15) is 5.41 Å². The normalized spacial score (nSPS) is 18.4. The van der Waals surface area contributed by atoms with Gasteiger partial charge in [-0.15, -0.1) is 0 Å². The first kappa shape index (κ1) is 20.3. The molecular formula is C20H29N3O5. The van der Waals surface area contributed by atoms with Gasteiger partial charge >= 0.3 is 0 Å². The van der Waals surface area contributed by atoms with Gasteiger partial charge in [-0.25, -0.2) is 0 Å². The quantitative estimate of drug-likeness (QED) is 0.711. The van der Waals surface area contributed by atoms with E-state index in [2.05, 4.69) is 17.1 Å². The van der Waals surface area contributed by atoms with E-state index in [0.717, 1.165) is 19.6 Å². The van der Waals surface area contributed by atoms with Crippen molar-refractivity contribution in [3.05, 3.63) is 12.1 Å². The van der Waals surface area contributed by atoms with Crippen molar-refractivity contribution < 1.29 is 23.8 Å². The Morgan fingerprint density at radius 2 is 1.57 bits per heavy atom. The molecule has 0 radical (unpaired) electrons. The summed E-state index contributed by atoms with van der Waals surface area (Å²) in [6.07, 6.45) is 1.16. The van der Waals surface area contributed by atoms with E-state index in [1.807, 2.05) is 4.90 Å². The van der Waals surface area contributed by atoms with Crippen molar-refractivity contribution >= 4 is 17.5 Å². The van der Waals surface area contributed by atoms with Crippen molar-refractivity contribution in [3.63, 3.8) is 0 Å². The molecule has 0 atom stereocenters. The average molecular weight is 391 g/mol.